The molecule has 1 heterocycles. The fourth-order valence-electron chi connectivity index (χ4n) is 1.52. The second-order valence-corrected chi connectivity index (χ2v) is 4.78. The quantitative estimate of drug-likeness (QED) is 0.711. The predicted octanol–water partition coefficient (Wildman–Crippen LogP) is 0.473. The van der Waals surface area contributed by atoms with Crippen LogP contribution in [0.2, 0.25) is 0 Å². The fraction of sp³-hybridized carbons (Fsp3) is 0.545. The summed E-state index contributed by atoms with van der Waals surface area (Å²) < 4.78 is 1.64. The van der Waals surface area contributed by atoms with Gasteiger partial charge in [-0.1, -0.05) is 0 Å². The normalized spacial score (nSPS) is 11.1. The van der Waals surface area contributed by atoms with Crippen LogP contribution in [0.4, 0.5) is 4.79 Å². The summed E-state index contributed by atoms with van der Waals surface area (Å²) in [6.07, 6.45) is 3.32. The molecule has 0 radical (unpaired) electrons. The topological polar surface area (TPSA) is 96.2 Å². The highest BCUT2D eigenvalue weighted by molar-refractivity contribution is 5.76. The first-order chi connectivity index (χ1) is 8.28. The standard InChI is InChI=1S/C11H18N4O3/c1-11(2,4-9(16)17)14-10(18)12-5-8-6-13-15(3)7-8/h6-7H,4-5H2,1-3H3,(H,16,17)(H2,12,14,18). The van der Waals surface area contributed by atoms with Gasteiger partial charge in [-0.25, -0.2) is 4.79 Å². The van der Waals surface area contributed by atoms with Crippen molar-refractivity contribution in [2.75, 3.05) is 0 Å². The number of aryl methyl sites for hydroxylation is 1. The molecule has 0 saturated heterocycles. The monoisotopic (exact) mass is 254 g/mol. The number of hydrogen-bond acceptors (Lipinski definition) is 3. The van der Waals surface area contributed by atoms with Gasteiger partial charge in [-0.2, -0.15) is 5.10 Å². The van der Waals surface area contributed by atoms with E-state index in [4.69, 9.17) is 5.11 Å². The average Bonchev–Trinajstić information content (AvgIpc) is 2.58. The molecule has 7 heteroatoms. The van der Waals surface area contributed by atoms with Crippen molar-refractivity contribution in [2.45, 2.75) is 32.4 Å². The Labute approximate surface area is 105 Å². The number of carboxylic acid groups (broad SMARTS) is 1. The lowest BCUT2D eigenvalue weighted by atomic mass is 10.0. The molecule has 0 spiro atoms. The molecule has 3 N–H and O–H groups in total. The molecule has 18 heavy (non-hydrogen) atoms. The van der Waals surface area contributed by atoms with E-state index < -0.39 is 17.5 Å². The van der Waals surface area contributed by atoms with Crippen LogP contribution < -0.4 is 10.6 Å². The molecule has 1 aromatic rings. The molecule has 0 bridgehead atoms. The maximum atomic E-state index is 11.6. The number of aromatic nitrogens is 2. The van der Waals surface area contributed by atoms with Gasteiger partial charge in [-0.3, -0.25) is 9.48 Å². The van der Waals surface area contributed by atoms with Crippen molar-refractivity contribution in [1.82, 2.24) is 20.4 Å². The highest BCUT2D eigenvalue weighted by Gasteiger charge is 2.23. The molecule has 0 aliphatic rings. The van der Waals surface area contributed by atoms with Crippen LogP contribution in [0.25, 0.3) is 0 Å². The molecule has 1 rings (SSSR count). The molecule has 7 nitrogen and oxygen atoms in total. The van der Waals surface area contributed by atoms with Gasteiger partial charge < -0.3 is 15.7 Å². The van der Waals surface area contributed by atoms with E-state index in [9.17, 15) is 9.59 Å². The Balaban J connectivity index is 2.39. The second-order valence-electron chi connectivity index (χ2n) is 4.78. The van der Waals surface area contributed by atoms with Crippen LogP contribution in [0.15, 0.2) is 12.4 Å². The molecule has 0 atom stereocenters. The average molecular weight is 254 g/mol. The molecule has 0 saturated carbocycles. The van der Waals surface area contributed by atoms with E-state index in [2.05, 4.69) is 15.7 Å². The van der Waals surface area contributed by atoms with Gasteiger partial charge in [-0.05, 0) is 13.8 Å². The van der Waals surface area contributed by atoms with Crippen LogP contribution in [0, 0.1) is 0 Å². The predicted molar refractivity (Wildman–Crippen MR) is 64.9 cm³/mol. The summed E-state index contributed by atoms with van der Waals surface area (Å²) in [5.74, 6) is -0.951. The zero-order valence-corrected chi connectivity index (χ0v) is 10.7. The third-order valence-electron chi connectivity index (χ3n) is 2.26. The first kappa shape index (κ1) is 14.0. The second kappa shape index (κ2) is 5.52. The summed E-state index contributed by atoms with van der Waals surface area (Å²) in [5, 5.41) is 17.9. The van der Waals surface area contributed by atoms with Crippen LogP contribution in [0.3, 0.4) is 0 Å². The first-order valence-electron chi connectivity index (χ1n) is 5.54. The Morgan fingerprint density at radius 1 is 1.50 bits per heavy atom. The SMILES string of the molecule is Cn1cc(CNC(=O)NC(C)(C)CC(=O)O)cn1. The summed E-state index contributed by atoms with van der Waals surface area (Å²) in [5.41, 5.74) is 0.0916. The van der Waals surface area contributed by atoms with Gasteiger partial charge in [0.15, 0.2) is 0 Å². The van der Waals surface area contributed by atoms with Gasteiger partial charge in [0.2, 0.25) is 0 Å². The van der Waals surface area contributed by atoms with Crippen LogP contribution in [0.1, 0.15) is 25.8 Å². The van der Waals surface area contributed by atoms with Gasteiger partial charge in [-0.15, -0.1) is 0 Å². The number of nitrogens with zero attached hydrogens (tertiary/aromatic N) is 2. The highest BCUT2D eigenvalue weighted by Crippen LogP contribution is 2.07. The lowest BCUT2D eigenvalue weighted by Gasteiger charge is -2.24. The minimum absolute atomic E-state index is 0.132. The van der Waals surface area contributed by atoms with E-state index in [0.717, 1.165) is 5.56 Å². The molecule has 0 aliphatic heterocycles. The largest absolute Gasteiger partial charge is 0.481 e. The molecule has 0 fully saturated rings. The summed E-state index contributed by atoms with van der Waals surface area (Å²) in [6, 6.07) is -0.398. The number of carboxylic acids is 1. The smallest absolute Gasteiger partial charge is 0.315 e. The summed E-state index contributed by atoms with van der Waals surface area (Å²) >= 11 is 0. The molecular formula is C11H18N4O3. The summed E-state index contributed by atoms with van der Waals surface area (Å²) in [6.45, 7) is 3.67. The van der Waals surface area contributed by atoms with Crippen LogP contribution in [-0.4, -0.2) is 32.4 Å². The zero-order chi connectivity index (χ0) is 13.8. The van der Waals surface area contributed by atoms with Crippen LogP contribution in [0.5, 0.6) is 0 Å². The first-order valence-corrected chi connectivity index (χ1v) is 5.54. The number of carbonyl (C=O) groups is 2. The maximum absolute atomic E-state index is 11.6. The molecule has 100 valence electrons. The van der Waals surface area contributed by atoms with E-state index in [1.807, 2.05) is 0 Å². The van der Waals surface area contributed by atoms with Gasteiger partial charge in [0.05, 0.1) is 12.6 Å². The highest BCUT2D eigenvalue weighted by atomic mass is 16.4. The summed E-state index contributed by atoms with van der Waals surface area (Å²) in [4.78, 5) is 22.2. The fourth-order valence-corrected chi connectivity index (χ4v) is 1.52. The minimum Gasteiger partial charge on any atom is -0.481 e. The number of aliphatic carboxylic acids is 1. The third kappa shape index (κ3) is 4.86. The van der Waals surface area contributed by atoms with Crippen molar-refractivity contribution in [1.29, 1.82) is 0 Å². The number of rotatable bonds is 5. The van der Waals surface area contributed by atoms with Gasteiger partial charge in [0.1, 0.15) is 0 Å². The Hall–Kier alpha value is -2.05. The number of amides is 2. The van der Waals surface area contributed by atoms with Crippen molar-refractivity contribution in [3.05, 3.63) is 18.0 Å². The van der Waals surface area contributed by atoms with Crippen LogP contribution in [-0.2, 0) is 18.4 Å². The van der Waals surface area contributed by atoms with E-state index in [0.29, 0.717) is 6.54 Å². The van der Waals surface area contributed by atoms with E-state index in [1.165, 1.54) is 0 Å². The summed E-state index contributed by atoms with van der Waals surface area (Å²) in [7, 11) is 1.79. The van der Waals surface area contributed by atoms with E-state index >= 15 is 0 Å². The Morgan fingerprint density at radius 2 is 2.17 bits per heavy atom. The Bertz CT molecular complexity index is 439. The molecule has 1 aromatic heterocycles. The number of nitrogens with one attached hydrogen (secondary N) is 2. The van der Waals surface area contributed by atoms with Gasteiger partial charge in [0.25, 0.3) is 0 Å². The number of carbonyl (C=O) groups excluding carboxylic acids is 1. The number of urea groups is 1. The van der Waals surface area contributed by atoms with E-state index in [-0.39, 0.29) is 6.42 Å². The lowest BCUT2D eigenvalue weighted by molar-refractivity contribution is -0.138. The molecule has 0 unspecified atom stereocenters. The third-order valence-corrected chi connectivity index (χ3v) is 2.26. The van der Waals surface area contributed by atoms with Crippen molar-refractivity contribution in [2.24, 2.45) is 7.05 Å². The van der Waals surface area contributed by atoms with Crippen molar-refractivity contribution >= 4 is 12.0 Å². The van der Waals surface area contributed by atoms with Gasteiger partial charge in [0, 0.05) is 30.9 Å². The van der Waals surface area contributed by atoms with E-state index in [1.54, 1.807) is 38.0 Å². The van der Waals surface area contributed by atoms with Crippen molar-refractivity contribution in [3.63, 3.8) is 0 Å². The molecule has 0 aromatic carbocycles. The van der Waals surface area contributed by atoms with Crippen molar-refractivity contribution < 1.29 is 14.7 Å². The molecule has 2 amide bonds. The minimum atomic E-state index is -0.951. The van der Waals surface area contributed by atoms with Crippen molar-refractivity contribution in [3.8, 4) is 0 Å². The van der Waals surface area contributed by atoms with Crippen LogP contribution >= 0.6 is 0 Å². The Morgan fingerprint density at radius 3 is 2.67 bits per heavy atom. The maximum Gasteiger partial charge on any atom is 0.315 e. The molecular weight excluding hydrogens is 236 g/mol. The lowest BCUT2D eigenvalue weighted by Crippen LogP contribution is -2.49. The zero-order valence-electron chi connectivity index (χ0n) is 10.7. The van der Waals surface area contributed by atoms with Gasteiger partial charge >= 0.3 is 12.0 Å². The molecule has 0 aliphatic carbocycles. The number of hydrogen-bond donors (Lipinski definition) is 3. The Kier molecular flexibility index (Phi) is 4.30.